The molecule has 1 heterocycles. The summed E-state index contributed by atoms with van der Waals surface area (Å²) in [4.78, 5) is 85.1. The van der Waals surface area contributed by atoms with E-state index in [4.69, 9.17) is 11.6 Å². The van der Waals surface area contributed by atoms with Crippen molar-refractivity contribution < 1.29 is 33.9 Å². The van der Waals surface area contributed by atoms with Gasteiger partial charge in [0.05, 0.1) is 6.04 Å². The summed E-state index contributed by atoms with van der Waals surface area (Å²) in [5, 5.41) is 25.9. The molecule has 0 radical (unpaired) electrons. The van der Waals surface area contributed by atoms with Gasteiger partial charge in [-0.15, -0.1) is 0 Å². The highest BCUT2D eigenvalue weighted by Gasteiger charge is 2.32. The number of rotatable bonds is 19. The van der Waals surface area contributed by atoms with Gasteiger partial charge >= 0.3 is 0 Å². The van der Waals surface area contributed by atoms with Gasteiger partial charge in [-0.05, 0) is 83.1 Å². The molecular weight excluding hydrogens is 784 g/mol. The lowest BCUT2D eigenvalue weighted by atomic mass is 9.99. The summed E-state index contributed by atoms with van der Waals surface area (Å²) >= 11 is 6.15. The number of pyridine rings is 1. The Balaban J connectivity index is 1.37. The number of carbonyl (C=O) groups excluding carboxylic acids is 6. The van der Waals surface area contributed by atoms with E-state index in [-0.39, 0.29) is 43.6 Å². The molecule has 0 saturated heterocycles. The van der Waals surface area contributed by atoms with Crippen LogP contribution in [0.25, 0.3) is 10.8 Å². The minimum Gasteiger partial charge on any atom is -0.508 e. The van der Waals surface area contributed by atoms with Crippen LogP contribution in [-0.4, -0.2) is 75.6 Å². The van der Waals surface area contributed by atoms with E-state index in [1.807, 2.05) is 42.5 Å². The molecular formula is C46H49ClN6O7. The number of nitrogens with zero attached hydrogens (tertiary/aromatic N) is 1. The molecule has 0 aliphatic heterocycles. The normalized spacial score (nSPS) is 13.5. The number of aromatic hydroxyl groups is 1. The number of fused-ring (bicyclic) bond motifs is 1. The second kappa shape index (κ2) is 21.4. The van der Waals surface area contributed by atoms with Crippen molar-refractivity contribution >= 4 is 57.7 Å². The summed E-state index contributed by atoms with van der Waals surface area (Å²) in [7, 11) is 0. The second-order valence-corrected chi connectivity index (χ2v) is 15.1. The number of phenolic OH excluding ortho intramolecular Hbond substituents is 1. The Labute approximate surface area is 353 Å². The lowest BCUT2D eigenvalue weighted by Crippen LogP contribution is -2.59. The van der Waals surface area contributed by atoms with Crippen LogP contribution < -0.4 is 26.6 Å². The average molecular weight is 833 g/mol. The van der Waals surface area contributed by atoms with Crippen molar-refractivity contribution in [2.24, 2.45) is 0 Å². The minimum absolute atomic E-state index is 0.00615. The van der Waals surface area contributed by atoms with E-state index in [0.29, 0.717) is 21.7 Å². The van der Waals surface area contributed by atoms with Gasteiger partial charge in [-0.1, -0.05) is 91.3 Å². The largest absolute Gasteiger partial charge is 0.508 e. The number of carbonyl (C=O) groups is 6. The fraction of sp³-hybridized carbons (Fsp3) is 0.283. The van der Waals surface area contributed by atoms with Gasteiger partial charge in [-0.25, -0.2) is 0 Å². The molecule has 4 aromatic carbocycles. The number of aromatic nitrogens is 1. The number of amides is 5. The predicted molar refractivity (Wildman–Crippen MR) is 229 cm³/mol. The maximum absolute atomic E-state index is 14.3. The first-order valence-corrected chi connectivity index (χ1v) is 20.0. The number of Topliss-reactive ketones (excluding diaryl/α,β-unsaturated/α-hetero) is 1. The third-order valence-corrected chi connectivity index (χ3v) is 10.2. The van der Waals surface area contributed by atoms with Crippen molar-refractivity contribution in [3.8, 4) is 5.75 Å². The van der Waals surface area contributed by atoms with Crippen LogP contribution in [0.4, 0.5) is 0 Å². The molecule has 5 rings (SSSR count). The van der Waals surface area contributed by atoms with Crippen LogP contribution in [0.3, 0.4) is 0 Å². The number of nitrogens with one attached hydrogen (secondary N) is 5. The monoisotopic (exact) mass is 832 g/mol. The number of phenols is 1. The van der Waals surface area contributed by atoms with Gasteiger partial charge in [0.15, 0.2) is 5.78 Å². The van der Waals surface area contributed by atoms with Gasteiger partial charge in [0.2, 0.25) is 29.5 Å². The van der Waals surface area contributed by atoms with Gasteiger partial charge in [0.1, 0.15) is 29.9 Å². The van der Waals surface area contributed by atoms with Crippen LogP contribution in [-0.2, 0) is 54.5 Å². The van der Waals surface area contributed by atoms with E-state index >= 15 is 0 Å². The van der Waals surface area contributed by atoms with E-state index in [1.54, 1.807) is 67.8 Å². The van der Waals surface area contributed by atoms with Crippen LogP contribution in [0.15, 0.2) is 116 Å². The van der Waals surface area contributed by atoms with Gasteiger partial charge in [-0.3, -0.25) is 33.8 Å². The first kappa shape index (κ1) is 44.5. The summed E-state index contributed by atoms with van der Waals surface area (Å²) in [6.45, 7) is 4.36. The highest BCUT2D eigenvalue weighted by atomic mass is 35.5. The zero-order chi connectivity index (χ0) is 43.2. The summed E-state index contributed by atoms with van der Waals surface area (Å²) in [5.41, 5.74) is 2.77. The SMILES string of the molecule is CC[C@H](NC(=O)[C@@H](Cc1cccnc1)NC(=O)[C@@H](Cc1ccc(Cl)cc1)NC(=O)[C@@H](Cc1ccc2ccccc2c1)NC(C)=O)C(=O)N[C@@H](Cc1ccc(O)cc1)C(C)=O. The van der Waals surface area contributed by atoms with Crippen molar-refractivity contribution in [2.45, 2.75) is 83.1 Å². The van der Waals surface area contributed by atoms with Gasteiger partial charge in [0, 0.05) is 43.6 Å². The summed E-state index contributed by atoms with van der Waals surface area (Å²) in [6, 6.07) is 24.5. The Morgan fingerprint density at radius 3 is 1.60 bits per heavy atom. The predicted octanol–water partition coefficient (Wildman–Crippen LogP) is 4.31. The summed E-state index contributed by atoms with van der Waals surface area (Å²) in [5.74, 6) is -3.27. The van der Waals surface area contributed by atoms with E-state index in [1.165, 1.54) is 26.0 Å². The van der Waals surface area contributed by atoms with Crippen molar-refractivity contribution in [3.05, 3.63) is 143 Å². The molecule has 60 heavy (non-hydrogen) atoms. The average Bonchev–Trinajstić information content (AvgIpc) is 3.23. The molecule has 14 heteroatoms. The Morgan fingerprint density at radius 2 is 1.03 bits per heavy atom. The first-order chi connectivity index (χ1) is 28.8. The Hall–Kier alpha value is -6.60. The van der Waals surface area contributed by atoms with Crippen molar-refractivity contribution in [1.29, 1.82) is 0 Å². The quantitative estimate of drug-likeness (QED) is 0.0709. The van der Waals surface area contributed by atoms with E-state index < -0.39 is 59.7 Å². The van der Waals surface area contributed by atoms with Gasteiger partial charge in [-0.2, -0.15) is 0 Å². The lowest BCUT2D eigenvalue weighted by molar-refractivity contribution is -0.134. The molecule has 0 fully saturated rings. The Bertz CT molecular complexity index is 2290. The number of hydrogen-bond donors (Lipinski definition) is 6. The Morgan fingerprint density at radius 1 is 0.550 bits per heavy atom. The third kappa shape index (κ3) is 13.2. The fourth-order valence-corrected chi connectivity index (χ4v) is 6.82. The van der Waals surface area contributed by atoms with Crippen molar-refractivity contribution in [2.75, 3.05) is 0 Å². The molecule has 0 aliphatic rings. The topological polar surface area (TPSA) is 196 Å². The number of benzene rings is 4. The molecule has 5 atom stereocenters. The smallest absolute Gasteiger partial charge is 0.243 e. The van der Waals surface area contributed by atoms with Crippen LogP contribution in [0.1, 0.15) is 49.4 Å². The van der Waals surface area contributed by atoms with Crippen LogP contribution in [0.2, 0.25) is 5.02 Å². The maximum Gasteiger partial charge on any atom is 0.243 e. The van der Waals surface area contributed by atoms with E-state index in [0.717, 1.165) is 16.3 Å². The van der Waals surface area contributed by atoms with Crippen LogP contribution in [0.5, 0.6) is 5.75 Å². The maximum atomic E-state index is 14.3. The molecule has 0 unspecified atom stereocenters. The van der Waals surface area contributed by atoms with Crippen molar-refractivity contribution in [3.63, 3.8) is 0 Å². The fourth-order valence-electron chi connectivity index (χ4n) is 6.69. The van der Waals surface area contributed by atoms with Crippen LogP contribution >= 0.6 is 11.6 Å². The molecule has 5 aromatic rings. The molecule has 5 amide bonds. The standard InChI is InChI=1S/C46H49ClN6O7/c1-4-38(43(57)51-39(28(2)54)23-31-14-19-37(56)20-15-31)50-45(59)42(26-33-8-7-21-48-27-33)53-46(60)41(24-30-12-17-36(47)18-13-30)52-44(58)40(49-29(3)55)25-32-11-16-34-9-5-6-10-35(34)22-32/h5-22,27,38-42,56H,4,23-26H2,1-3H3,(H,49,55)(H,50,59)(H,51,57)(H,52,58)(H,53,60)/t38-,39-,40+,41+,42+/m0/s1. The molecule has 6 N–H and O–H groups in total. The van der Waals surface area contributed by atoms with Crippen LogP contribution in [0, 0.1) is 0 Å². The Kier molecular flexibility index (Phi) is 15.9. The first-order valence-electron chi connectivity index (χ1n) is 19.7. The summed E-state index contributed by atoms with van der Waals surface area (Å²) < 4.78 is 0. The van der Waals surface area contributed by atoms with Gasteiger partial charge in [0.25, 0.3) is 0 Å². The highest BCUT2D eigenvalue weighted by molar-refractivity contribution is 6.30. The number of halogens is 1. The zero-order valence-electron chi connectivity index (χ0n) is 33.6. The third-order valence-electron chi connectivity index (χ3n) is 9.95. The molecule has 0 spiro atoms. The highest BCUT2D eigenvalue weighted by Crippen LogP contribution is 2.18. The number of hydrogen-bond acceptors (Lipinski definition) is 8. The van der Waals surface area contributed by atoms with Gasteiger partial charge < -0.3 is 31.7 Å². The summed E-state index contributed by atoms with van der Waals surface area (Å²) in [6.07, 6.45) is 3.57. The lowest BCUT2D eigenvalue weighted by Gasteiger charge is -2.27. The zero-order valence-corrected chi connectivity index (χ0v) is 34.4. The number of ketones is 1. The molecule has 0 bridgehead atoms. The molecule has 1 aromatic heterocycles. The molecule has 0 saturated carbocycles. The second-order valence-electron chi connectivity index (χ2n) is 14.7. The minimum atomic E-state index is -1.24. The molecule has 13 nitrogen and oxygen atoms in total. The van der Waals surface area contributed by atoms with Crippen molar-refractivity contribution in [1.82, 2.24) is 31.6 Å². The van der Waals surface area contributed by atoms with E-state index in [9.17, 15) is 33.9 Å². The molecule has 0 aliphatic carbocycles. The van der Waals surface area contributed by atoms with E-state index in [2.05, 4.69) is 31.6 Å². The molecule has 312 valence electrons.